The molecule has 1 amide bonds. The molecule has 0 atom stereocenters. The Morgan fingerprint density at radius 1 is 1.33 bits per heavy atom. The second-order valence-corrected chi connectivity index (χ2v) is 5.29. The van der Waals surface area contributed by atoms with E-state index in [1.807, 2.05) is 0 Å². The fourth-order valence-corrected chi connectivity index (χ4v) is 2.03. The van der Waals surface area contributed by atoms with Gasteiger partial charge in [0.15, 0.2) is 0 Å². The number of rotatable bonds is 5. The van der Waals surface area contributed by atoms with Gasteiger partial charge in [-0.2, -0.15) is 0 Å². The fourth-order valence-electron chi connectivity index (χ4n) is 1.68. The Hall–Kier alpha value is -1.95. The first kappa shape index (κ1) is 15.4. The first-order valence-electron chi connectivity index (χ1n) is 6.56. The van der Waals surface area contributed by atoms with Crippen LogP contribution in [0.3, 0.4) is 0 Å². The highest BCUT2D eigenvalue weighted by molar-refractivity contribution is 9.10. The van der Waals surface area contributed by atoms with E-state index in [-0.39, 0.29) is 11.6 Å². The van der Waals surface area contributed by atoms with Gasteiger partial charge in [0.1, 0.15) is 11.5 Å². The van der Waals surface area contributed by atoms with Crippen LogP contribution < -0.4 is 10.6 Å². The number of benzene rings is 1. The van der Waals surface area contributed by atoms with Crippen LogP contribution in [0.1, 0.15) is 23.8 Å². The van der Waals surface area contributed by atoms with Crippen LogP contribution in [-0.2, 0) is 0 Å². The molecule has 0 spiro atoms. The molecule has 0 bridgehead atoms. The zero-order valence-corrected chi connectivity index (χ0v) is 13.1. The summed E-state index contributed by atoms with van der Waals surface area (Å²) in [6.07, 6.45) is 2.61. The SMILES string of the molecule is CCCNc1ccc(C(=O)Nc2cc(F)ccc2Br)nc1. The molecule has 0 aliphatic rings. The molecule has 0 aliphatic heterocycles. The number of amides is 1. The standard InChI is InChI=1S/C15H15BrFN3O/c1-2-7-18-11-4-6-13(19-9-11)15(21)20-14-8-10(17)3-5-12(14)16/h3-6,8-9,18H,2,7H2,1H3,(H,20,21). The molecule has 2 N–H and O–H groups in total. The van der Waals surface area contributed by atoms with Gasteiger partial charge in [-0.15, -0.1) is 0 Å². The van der Waals surface area contributed by atoms with Crippen molar-refractivity contribution in [3.63, 3.8) is 0 Å². The Morgan fingerprint density at radius 3 is 2.81 bits per heavy atom. The van der Waals surface area contributed by atoms with E-state index in [0.29, 0.717) is 10.2 Å². The summed E-state index contributed by atoms with van der Waals surface area (Å²) in [7, 11) is 0. The minimum atomic E-state index is -0.416. The molecule has 6 heteroatoms. The van der Waals surface area contributed by atoms with Crippen molar-refractivity contribution >= 4 is 33.2 Å². The summed E-state index contributed by atoms with van der Waals surface area (Å²) in [5.41, 5.74) is 1.50. The largest absolute Gasteiger partial charge is 0.384 e. The lowest BCUT2D eigenvalue weighted by atomic mass is 10.2. The van der Waals surface area contributed by atoms with Crippen molar-refractivity contribution in [3.05, 3.63) is 52.5 Å². The zero-order chi connectivity index (χ0) is 15.2. The van der Waals surface area contributed by atoms with Crippen molar-refractivity contribution in [3.8, 4) is 0 Å². The van der Waals surface area contributed by atoms with Crippen LogP contribution in [0.15, 0.2) is 41.0 Å². The Labute approximate surface area is 130 Å². The quantitative estimate of drug-likeness (QED) is 0.853. The number of carbonyl (C=O) groups is 1. The van der Waals surface area contributed by atoms with E-state index in [1.165, 1.54) is 18.2 Å². The average Bonchev–Trinajstić information content (AvgIpc) is 2.49. The molecule has 1 aromatic carbocycles. The highest BCUT2D eigenvalue weighted by atomic mass is 79.9. The van der Waals surface area contributed by atoms with Crippen LogP contribution in [0.5, 0.6) is 0 Å². The minimum Gasteiger partial charge on any atom is -0.384 e. The van der Waals surface area contributed by atoms with Gasteiger partial charge in [0.2, 0.25) is 0 Å². The Bertz CT molecular complexity index is 631. The van der Waals surface area contributed by atoms with Crippen LogP contribution in [-0.4, -0.2) is 17.4 Å². The maximum Gasteiger partial charge on any atom is 0.274 e. The number of hydrogen-bond acceptors (Lipinski definition) is 3. The van der Waals surface area contributed by atoms with Gasteiger partial charge in [-0.25, -0.2) is 9.37 Å². The lowest BCUT2D eigenvalue weighted by Crippen LogP contribution is -2.14. The van der Waals surface area contributed by atoms with E-state index in [2.05, 4.69) is 38.5 Å². The average molecular weight is 352 g/mol. The summed E-state index contributed by atoms with van der Waals surface area (Å²) < 4.78 is 13.8. The van der Waals surface area contributed by atoms with Crippen molar-refractivity contribution in [1.82, 2.24) is 4.98 Å². The topological polar surface area (TPSA) is 54.0 Å². The fraction of sp³-hybridized carbons (Fsp3) is 0.200. The van der Waals surface area contributed by atoms with Crippen molar-refractivity contribution in [2.75, 3.05) is 17.2 Å². The lowest BCUT2D eigenvalue weighted by molar-refractivity contribution is 0.102. The van der Waals surface area contributed by atoms with Gasteiger partial charge >= 0.3 is 0 Å². The number of carbonyl (C=O) groups excluding carboxylic acids is 1. The molecular formula is C15H15BrFN3O. The van der Waals surface area contributed by atoms with Gasteiger partial charge in [0.05, 0.1) is 17.6 Å². The molecule has 21 heavy (non-hydrogen) atoms. The summed E-state index contributed by atoms with van der Waals surface area (Å²) in [6.45, 7) is 2.92. The van der Waals surface area contributed by atoms with Crippen molar-refractivity contribution < 1.29 is 9.18 Å². The van der Waals surface area contributed by atoms with Crippen LogP contribution in [0.25, 0.3) is 0 Å². The normalized spacial score (nSPS) is 10.2. The molecular weight excluding hydrogens is 337 g/mol. The van der Waals surface area contributed by atoms with E-state index in [1.54, 1.807) is 18.3 Å². The van der Waals surface area contributed by atoms with E-state index >= 15 is 0 Å². The first-order chi connectivity index (χ1) is 10.1. The first-order valence-corrected chi connectivity index (χ1v) is 7.35. The lowest BCUT2D eigenvalue weighted by Gasteiger charge is -2.08. The molecule has 0 saturated heterocycles. The Balaban J connectivity index is 2.07. The van der Waals surface area contributed by atoms with Crippen LogP contribution in [0.4, 0.5) is 15.8 Å². The van der Waals surface area contributed by atoms with Gasteiger partial charge in [-0.3, -0.25) is 4.79 Å². The smallest absolute Gasteiger partial charge is 0.274 e. The maximum absolute atomic E-state index is 13.2. The van der Waals surface area contributed by atoms with Gasteiger partial charge in [0, 0.05) is 11.0 Å². The molecule has 2 aromatic rings. The molecule has 0 saturated carbocycles. The third-order valence-corrected chi connectivity index (χ3v) is 3.44. The second-order valence-electron chi connectivity index (χ2n) is 4.44. The number of aromatic nitrogens is 1. The highest BCUT2D eigenvalue weighted by Gasteiger charge is 2.10. The van der Waals surface area contributed by atoms with E-state index in [4.69, 9.17) is 0 Å². The number of hydrogen-bond donors (Lipinski definition) is 2. The number of nitrogens with zero attached hydrogens (tertiary/aromatic N) is 1. The molecule has 2 rings (SSSR count). The summed E-state index contributed by atoms with van der Waals surface area (Å²) >= 11 is 3.26. The Kier molecular flexibility index (Phi) is 5.27. The second kappa shape index (κ2) is 7.17. The predicted molar refractivity (Wildman–Crippen MR) is 85.1 cm³/mol. The molecule has 0 radical (unpaired) electrons. The summed E-state index contributed by atoms with van der Waals surface area (Å²) in [4.78, 5) is 16.2. The van der Waals surface area contributed by atoms with Crippen molar-refractivity contribution in [2.24, 2.45) is 0 Å². The van der Waals surface area contributed by atoms with Gasteiger partial charge in [0.25, 0.3) is 5.91 Å². The molecule has 110 valence electrons. The third-order valence-electron chi connectivity index (χ3n) is 2.75. The highest BCUT2D eigenvalue weighted by Crippen LogP contribution is 2.23. The van der Waals surface area contributed by atoms with Crippen molar-refractivity contribution in [2.45, 2.75) is 13.3 Å². The molecule has 0 aliphatic carbocycles. The van der Waals surface area contributed by atoms with Crippen LogP contribution >= 0.6 is 15.9 Å². The molecule has 1 heterocycles. The third kappa shape index (κ3) is 4.26. The van der Waals surface area contributed by atoms with Gasteiger partial charge < -0.3 is 10.6 Å². The predicted octanol–water partition coefficient (Wildman–Crippen LogP) is 4.06. The zero-order valence-electron chi connectivity index (χ0n) is 11.5. The monoisotopic (exact) mass is 351 g/mol. The van der Waals surface area contributed by atoms with Gasteiger partial charge in [-0.05, 0) is 52.7 Å². The Morgan fingerprint density at radius 2 is 2.14 bits per heavy atom. The van der Waals surface area contributed by atoms with E-state index < -0.39 is 5.82 Å². The van der Waals surface area contributed by atoms with E-state index in [9.17, 15) is 9.18 Å². The summed E-state index contributed by atoms with van der Waals surface area (Å²) in [5, 5.41) is 5.80. The molecule has 4 nitrogen and oxygen atoms in total. The summed E-state index contributed by atoms with van der Waals surface area (Å²) in [6, 6.07) is 7.51. The maximum atomic E-state index is 13.2. The minimum absolute atomic E-state index is 0.271. The van der Waals surface area contributed by atoms with Gasteiger partial charge in [-0.1, -0.05) is 6.92 Å². The molecule has 0 fully saturated rings. The number of nitrogens with one attached hydrogen (secondary N) is 2. The van der Waals surface area contributed by atoms with E-state index in [0.717, 1.165) is 18.7 Å². The number of anilines is 2. The van der Waals surface area contributed by atoms with Crippen LogP contribution in [0, 0.1) is 5.82 Å². The van der Waals surface area contributed by atoms with Crippen LogP contribution in [0.2, 0.25) is 0 Å². The molecule has 0 unspecified atom stereocenters. The number of halogens is 2. The molecule has 1 aromatic heterocycles. The summed E-state index contributed by atoms with van der Waals surface area (Å²) in [5.74, 6) is -0.802. The number of pyridine rings is 1. The van der Waals surface area contributed by atoms with Crippen molar-refractivity contribution in [1.29, 1.82) is 0 Å².